The van der Waals surface area contributed by atoms with Crippen LogP contribution in [-0.4, -0.2) is 58.4 Å². The highest BCUT2D eigenvalue weighted by molar-refractivity contribution is 6.94. The molecule has 0 aliphatic heterocycles. The molecular formula is C32H44O8Si. The molecule has 0 spiro atoms. The fourth-order valence-corrected chi connectivity index (χ4v) is 8.91. The van der Waals surface area contributed by atoms with Crippen LogP contribution in [0.1, 0.15) is 53.4 Å². The van der Waals surface area contributed by atoms with E-state index in [1.807, 2.05) is 18.2 Å². The van der Waals surface area contributed by atoms with Gasteiger partial charge in [0.1, 0.15) is 8.07 Å². The highest BCUT2D eigenvalue weighted by atomic mass is 28.3. The van der Waals surface area contributed by atoms with Crippen molar-refractivity contribution in [2.75, 3.05) is 26.4 Å². The first kappa shape index (κ1) is 32.3. The van der Waals surface area contributed by atoms with E-state index in [4.69, 9.17) is 18.9 Å². The summed E-state index contributed by atoms with van der Waals surface area (Å²) >= 11 is 0. The Hall–Kier alpha value is -3.20. The van der Waals surface area contributed by atoms with Crippen LogP contribution in [0.3, 0.4) is 0 Å². The Morgan fingerprint density at radius 3 is 1.63 bits per heavy atom. The molecular weight excluding hydrogens is 540 g/mol. The first-order valence-corrected chi connectivity index (χ1v) is 17.7. The van der Waals surface area contributed by atoms with Crippen LogP contribution < -0.4 is 5.19 Å². The summed E-state index contributed by atoms with van der Waals surface area (Å²) in [4.78, 5) is 54.0. The van der Waals surface area contributed by atoms with Gasteiger partial charge < -0.3 is 18.9 Å². The van der Waals surface area contributed by atoms with Crippen molar-refractivity contribution < 1.29 is 38.1 Å². The Balaban J connectivity index is 2.12. The zero-order valence-electron chi connectivity index (χ0n) is 25.2. The van der Waals surface area contributed by atoms with Gasteiger partial charge in [0.05, 0.1) is 26.4 Å². The molecule has 0 saturated heterocycles. The summed E-state index contributed by atoms with van der Waals surface area (Å²) in [5, 5.41) is 1.16. The van der Waals surface area contributed by atoms with Crippen LogP contribution in [0.15, 0.2) is 53.8 Å². The van der Waals surface area contributed by atoms with Gasteiger partial charge in [-0.1, -0.05) is 60.9 Å². The molecule has 2 fully saturated rings. The minimum atomic E-state index is -2.28. The highest BCUT2D eigenvalue weighted by Crippen LogP contribution is 2.58. The number of ether oxygens (including phenoxy) is 4. The molecule has 2 saturated carbocycles. The molecule has 1 aromatic rings. The quantitative estimate of drug-likeness (QED) is 0.122. The maximum absolute atomic E-state index is 13.7. The third kappa shape index (κ3) is 6.05. The lowest BCUT2D eigenvalue weighted by Crippen LogP contribution is -2.45. The van der Waals surface area contributed by atoms with Gasteiger partial charge in [0.15, 0.2) is 10.8 Å². The van der Waals surface area contributed by atoms with Gasteiger partial charge in [-0.3, -0.25) is 19.2 Å². The van der Waals surface area contributed by atoms with Crippen LogP contribution in [-0.2, 0) is 38.1 Å². The van der Waals surface area contributed by atoms with Crippen molar-refractivity contribution >= 4 is 37.1 Å². The maximum atomic E-state index is 13.7. The fraction of sp³-hybridized carbons (Fsp3) is 0.562. The minimum Gasteiger partial charge on any atom is -0.465 e. The molecule has 0 radical (unpaired) electrons. The monoisotopic (exact) mass is 584 g/mol. The molecule has 0 aromatic heterocycles. The number of hydrogen-bond acceptors (Lipinski definition) is 8. The Morgan fingerprint density at radius 2 is 1.17 bits per heavy atom. The fourth-order valence-electron chi connectivity index (χ4n) is 6.46. The van der Waals surface area contributed by atoms with Gasteiger partial charge in [0, 0.05) is 0 Å². The third-order valence-corrected chi connectivity index (χ3v) is 11.4. The lowest BCUT2D eigenvalue weighted by atomic mass is 9.78. The van der Waals surface area contributed by atoms with Crippen LogP contribution in [0.4, 0.5) is 0 Å². The van der Waals surface area contributed by atoms with E-state index in [9.17, 15) is 19.2 Å². The van der Waals surface area contributed by atoms with Gasteiger partial charge in [-0.25, -0.2) is 0 Å². The van der Waals surface area contributed by atoms with Crippen molar-refractivity contribution in [3.8, 4) is 0 Å². The average Bonchev–Trinajstić information content (AvgIpc) is 3.49. The first-order valence-electron chi connectivity index (χ1n) is 14.6. The lowest BCUT2D eigenvalue weighted by molar-refractivity contribution is -0.171. The SMILES string of the molecule is C=C1C[C@H]([C@H]2C/C(=C/[Si](C)(C)c3ccccc3)C(C(=O)OCC)(C(=O)OCC)C2)CC1(C(=O)OCC)C(=O)OCC. The van der Waals surface area contributed by atoms with Gasteiger partial charge in [-0.2, -0.15) is 0 Å². The highest BCUT2D eigenvalue weighted by Gasteiger charge is 2.63. The summed E-state index contributed by atoms with van der Waals surface area (Å²) in [6.07, 6.45) is 1.11. The summed E-state index contributed by atoms with van der Waals surface area (Å²) < 4.78 is 21.7. The molecule has 41 heavy (non-hydrogen) atoms. The zero-order chi connectivity index (χ0) is 30.4. The Labute approximate surface area is 244 Å². The molecule has 0 heterocycles. The second-order valence-electron chi connectivity index (χ2n) is 11.4. The van der Waals surface area contributed by atoms with E-state index in [2.05, 4.69) is 37.5 Å². The van der Waals surface area contributed by atoms with Crippen LogP contribution >= 0.6 is 0 Å². The maximum Gasteiger partial charge on any atom is 0.327 e. The van der Waals surface area contributed by atoms with Crippen molar-refractivity contribution in [2.45, 2.75) is 66.5 Å². The molecule has 8 nitrogen and oxygen atoms in total. The van der Waals surface area contributed by atoms with Crippen molar-refractivity contribution in [1.29, 1.82) is 0 Å². The molecule has 2 aliphatic carbocycles. The third-order valence-electron chi connectivity index (χ3n) is 8.49. The molecule has 0 unspecified atom stereocenters. The summed E-state index contributed by atoms with van der Waals surface area (Å²) in [7, 11) is -2.28. The molecule has 3 rings (SSSR count). The summed E-state index contributed by atoms with van der Waals surface area (Å²) in [6.45, 7) is 15.7. The average molecular weight is 585 g/mol. The topological polar surface area (TPSA) is 105 Å². The van der Waals surface area contributed by atoms with E-state index in [0.717, 1.165) is 5.19 Å². The van der Waals surface area contributed by atoms with Gasteiger partial charge in [0.25, 0.3) is 0 Å². The summed E-state index contributed by atoms with van der Waals surface area (Å²) in [6, 6.07) is 10.1. The summed E-state index contributed by atoms with van der Waals surface area (Å²) in [5.74, 6) is -3.00. The van der Waals surface area contributed by atoms with Crippen LogP contribution in [0, 0.1) is 22.7 Å². The molecule has 1 aromatic carbocycles. The van der Waals surface area contributed by atoms with Gasteiger partial charge >= 0.3 is 23.9 Å². The molecule has 2 aliphatic rings. The van der Waals surface area contributed by atoms with Crippen LogP contribution in [0.5, 0.6) is 0 Å². The van der Waals surface area contributed by atoms with E-state index in [-0.39, 0.29) is 51.1 Å². The van der Waals surface area contributed by atoms with Crippen molar-refractivity contribution in [3.05, 3.63) is 53.8 Å². The van der Waals surface area contributed by atoms with Gasteiger partial charge in [-0.15, -0.1) is 0 Å². The molecule has 9 heteroatoms. The molecule has 0 N–H and O–H groups in total. The smallest absolute Gasteiger partial charge is 0.327 e. The second kappa shape index (κ2) is 13.2. The molecule has 0 bridgehead atoms. The minimum absolute atomic E-state index is 0.113. The predicted octanol–water partition coefficient (Wildman–Crippen LogP) is 4.67. The Morgan fingerprint density at radius 1 is 0.756 bits per heavy atom. The number of rotatable bonds is 11. The molecule has 0 amide bonds. The Bertz CT molecular complexity index is 1150. The van der Waals surface area contributed by atoms with Crippen LogP contribution in [0.2, 0.25) is 13.1 Å². The van der Waals surface area contributed by atoms with E-state index in [1.165, 1.54) is 0 Å². The van der Waals surface area contributed by atoms with Gasteiger partial charge in [0.2, 0.25) is 0 Å². The largest absolute Gasteiger partial charge is 0.465 e. The number of carbonyl (C=O) groups is 4. The van der Waals surface area contributed by atoms with Crippen molar-refractivity contribution in [1.82, 2.24) is 0 Å². The van der Waals surface area contributed by atoms with E-state index >= 15 is 0 Å². The molecule has 2 atom stereocenters. The zero-order valence-corrected chi connectivity index (χ0v) is 26.2. The van der Waals surface area contributed by atoms with E-state index in [1.54, 1.807) is 27.7 Å². The number of benzene rings is 1. The number of esters is 4. The number of carbonyl (C=O) groups excluding carboxylic acids is 4. The second-order valence-corrected chi connectivity index (χ2v) is 15.7. The summed E-state index contributed by atoms with van der Waals surface area (Å²) in [5.41, 5.74) is 0.0432. The van der Waals surface area contributed by atoms with E-state index < -0.39 is 42.8 Å². The van der Waals surface area contributed by atoms with Crippen LogP contribution in [0.25, 0.3) is 0 Å². The van der Waals surface area contributed by atoms with Crippen molar-refractivity contribution in [2.24, 2.45) is 22.7 Å². The number of hydrogen-bond donors (Lipinski definition) is 0. The first-order chi connectivity index (χ1) is 19.4. The standard InChI is InChI=1S/C32H44O8Si/c1-8-37-27(33)31(28(34)38-9-2)19-23(17-22(31)5)24-18-25(21-41(6,7)26-15-13-12-14-16-26)32(20-24,29(35)39-10-3)30(36)40-11-4/h12-16,21,23-24H,5,8-11,17-20H2,1-4,6-7H3/b25-21-/t23-,24-/m0/s1. The van der Waals surface area contributed by atoms with E-state index in [0.29, 0.717) is 24.0 Å². The van der Waals surface area contributed by atoms with Gasteiger partial charge in [-0.05, 0) is 76.4 Å². The predicted molar refractivity (Wildman–Crippen MR) is 158 cm³/mol. The van der Waals surface area contributed by atoms with Crippen molar-refractivity contribution in [3.63, 3.8) is 0 Å². The Kier molecular flexibility index (Phi) is 10.4. The lowest BCUT2D eigenvalue weighted by Gasteiger charge is -2.29. The molecule has 224 valence electrons. The normalized spacial score (nSPS) is 22.3.